The topological polar surface area (TPSA) is 88.6 Å². The number of likely N-dealkylation sites (tertiary alicyclic amines) is 2. The molecule has 2 aliphatic rings. The maximum atomic E-state index is 14.6. The largest absolute Gasteiger partial charge is 0.493 e. The first-order chi connectivity index (χ1) is 18.7. The van der Waals surface area contributed by atoms with Crippen molar-refractivity contribution in [3.8, 4) is 11.5 Å². The van der Waals surface area contributed by atoms with E-state index in [1.165, 1.54) is 12.4 Å². The average molecular weight is 558 g/mol. The number of carbonyl (C=O) groups is 1. The second-order valence-corrected chi connectivity index (χ2v) is 11.0. The van der Waals surface area contributed by atoms with Crippen LogP contribution < -0.4 is 20.1 Å². The van der Waals surface area contributed by atoms with Crippen molar-refractivity contribution in [1.29, 1.82) is 0 Å². The van der Waals surface area contributed by atoms with Gasteiger partial charge in [0.25, 0.3) is 5.91 Å². The number of halogens is 2. The number of carbonyl (C=O) groups excluding carboxylic acids is 1. The van der Waals surface area contributed by atoms with Crippen LogP contribution in [0.4, 0.5) is 15.9 Å². The van der Waals surface area contributed by atoms with E-state index in [1.54, 1.807) is 32.4 Å². The number of amides is 1. The predicted molar refractivity (Wildman–Crippen MR) is 149 cm³/mol. The number of aromatic nitrogens is 2. The highest BCUT2D eigenvalue weighted by atomic mass is 35.5. The fourth-order valence-electron chi connectivity index (χ4n) is 6.07. The van der Waals surface area contributed by atoms with Crippen molar-refractivity contribution < 1.29 is 23.1 Å². The van der Waals surface area contributed by atoms with E-state index in [4.69, 9.17) is 21.1 Å². The van der Waals surface area contributed by atoms with Crippen LogP contribution >= 0.6 is 11.6 Å². The Balaban J connectivity index is 1.46. The first-order valence-corrected chi connectivity index (χ1v) is 13.6. The normalized spacial score (nSPS) is 24.1. The molecule has 2 saturated heterocycles. The SMILES string of the molecule is CNC(=O)[C@@H]1C[C@@H](Oc2cc3c(Nc4cccc(Cl)c4F)ncnc3cc2OC)C[N+]1(C)C1CCN(C)CC1. The van der Waals surface area contributed by atoms with E-state index in [0.717, 1.165) is 25.9 Å². The Morgan fingerprint density at radius 2 is 1.97 bits per heavy atom. The van der Waals surface area contributed by atoms with E-state index in [-0.39, 0.29) is 28.8 Å². The molecule has 2 fully saturated rings. The van der Waals surface area contributed by atoms with E-state index in [9.17, 15) is 9.18 Å². The van der Waals surface area contributed by atoms with Gasteiger partial charge >= 0.3 is 0 Å². The van der Waals surface area contributed by atoms with Crippen molar-refractivity contribution >= 4 is 39.9 Å². The van der Waals surface area contributed by atoms with Gasteiger partial charge in [-0.25, -0.2) is 14.4 Å². The molecule has 3 atom stereocenters. The highest BCUT2D eigenvalue weighted by Crippen LogP contribution is 2.39. The number of rotatable bonds is 7. The lowest BCUT2D eigenvalue weighted by Gasteiger charge is -2.45. The molecule has 0 spiro atoms. The quantitative estimate of drug-likeness (QED) is 0.425. The van der Waals surface area contributed by atoms with Crippen molar-refractivity contribution in [1.82, 2.24) is 20.2 Å². The van der Waals surface area contributed by atoms with Gasteiger partial charge in [-0.3, -0.25) is 4.79 Å². The van der Waals surface area contributed by atoms with Gasteiger partial charge in [0.15, 0.2) is 29.5 Å². The van der Waals surface area contributed by atoms with Gasteiger partial charge in [0.2, 0.25) is 0 Å². The van der Waals surface area contributed by atoms with Gasteiger partial charge in [0.05, 0.1) is 42.8 Å². The van der Waals surface area contributed by atoms with Crippen molar-refractivity contribution in [3.63, 3.8) is 0 Å². The van der Waals surface area contributed by atoms with E-state index in [0.29, 0.717) is 51.7 Å². The lowest BCUT2D eigenvalue weighted by Crippen LogP contribution is -2.62. The number of ether oxygens (including phenoxy) is 2. The number of piperidine rings is 1. The first kappa shape index (κ1) is 27.4. The van der Waals surface area contributed by atoms with Crippen molar-refractivity contribution in [2.45, 2.75) is 37.5 Å². The summed E-state index contributed by atoms with van der Waals surface area (Å²) in [5, 5.41) is 6.56. The minimum atomic E-state index is -0.562. The smallest absolute Gasteiger partial charge is 0.278 e. The molecule has 2 aliphatic heterocycles. The van der Waals surface area contributed by atoms with Crippen LogP contribution in [-0.4, -0.2) is 91.3 Å². The third kappa shape index (κ3) is 5.33. The molecule has 0 saturated carbocycles. The molecule has 39 heavy (non-hydrogen) atoms. The molecule has 2 N–H and O–H groups in total. The molecule has 1 unspecified atom stereocenters. The molecule has 0 radical (unpaired) electrons. The van der Waals surface area contributed by atoms with Crippen LogP contribution in [-0.2, 0) is 4.79 Å². The van der Waals surface area contributed by atoms with Gasteiger partial charge in [0, 0.05) is 44.4 Å². The summed E-state index contributed by atoms with van der Waals surface area (Å²) in [5.74, 6) is 0.935. The molecule has 2 aromatic carbocycles. The Kier molecular flexibility index (Phi) is 7.80. The number of quaternary nitrogens is 1. The monoisotopic (exact) mass is 557 g/mol. The molecular weight excluding hydrogens is 523 g/mol. The maximum absolute atomic E-state index is 14.6. The number of anilines is 2. The standard InChI is InChI=1S/C28H34ClFN6O3/c1-31-28(37)23-12-18(15-36(23,3)17-8-10-35(2)11-9-17)39-25-13-19-22(14-24(25)38-4)32-16-33-27(19)34-21-7-5-6-20(29)26(21)30/h5-7,13-14,16-18,23H,8-12,15H2,1-4H3,(H-,31,32,33,34,37)/p+1/t18-,23+,36?/m1/s1. The molecule has 0 bridgehead atoms. The summed E-state index contributed by atoms with van der Waals surface area (Å²) in [7, 11) is 7.60. The van der Waals surface area contributed by atoms with Crippen LogP contribution in [0.2, 0.25) is 5.02 Å². The maximum Gasteiger partial charge on any atom is 0.278 e. The Morgan fingerprint density at radius 1 is 1.21 bits per heavy atom. The number of benzene rings is 2. The second kappa shape index (κ2) is 11.1. The van der Waals surface area contributed by atoms with Gasteiger partial charge in [-0.15, -0.1) is 0 Å². The zero-order valence-electron chi connectivity index (χ0n) is 22.7. The van der Waals surface area contributed by atoms with E-state index < -0.39 is 5.82 Å². The van der Waals surface area contributed by atoms with Gasteiger partial charge in [0.1, 0.15) is 18.7 Å². The number of nitrogens with zero attached hydrogens (tertiary/aromatic N) is 4. The molecule has 9 nitrogen and oxygen atoms in total. The molecule has 5 rings (SSSR count). The van der Waals surface area contributed by atoms with Gasteiger partial charge in [-0.1, -0.05) is 17.7 Å². The van der Waals surface area contributed by atoms with Gasteiger partial charge < -0.3 is 29.5 Å². The fraction of sp³-hybridized carbons (Fsp3) is 0.464. The minimum Gasteiger partial charge on any atom is -0.493 e. The average Bonchev–Trinajstić information content (AvgIpc) is 3.27. The Bertz CT molecular complexity index is 1370. The summed E-state index contributed by atoms with van der Waals surface area (Å²) in [6.45, 7) is 2.75. The Labute approximate surface area is 232 Å². The van der Waals surface area contributed by atoms with Crippen LogP contribution in [0, 0.1) is 5.82 Å². The van der Waals surface area contributed by atoms with Crippen LogP contribution in [0.25, 0.3) is 10.9 Å². The molecule has 0 aliphatic carbocycles. The zero-order chi connectivity index (χ0) is 27.7. The minimum absolute atomic E-state index is 0.0155. The summed E-state index contributed by atoms with van der Waals surface area (Å²) >= 11 is 5.97. The molecule has 11 heteroatoms. The number of fused-ring (bicyclic) bond motifs is 1. The van der Waals surface area contributed by atoms with Crippen LogP contribution in [0.3, 0.4) is 0 Å². The molecule has 3 heterocycles. The van der Waals surface area contributed by atoms with E-state index in [1.807, 2.05) is 6.07 Å². The molecule has 1 aromatic heterocycles. The van der Waals surface area contributed by atoms with E-state index in [2.05, 4.69) is 39.6 Å². The summed E-state index contributed by atoms with van der Waals surface area (Å²) < 4.78 is 27.5. The molecule has 208 valence electrons. The lowest BCUT2D eigenvalue weighted by atomic mass is 9.99. The Morgan fingerprint density at radius 3 is 2.69 bits per heavy atom. The van der Waals surface area contributed by atoms with Gasteiger partial charge in [-0.2, -0.15) is 0 Å². The zero-order valence-corrected chi connectivity index (χ0v) is 23.5. The fourth-order valence-corrected chi connectivity index (χ4v) is 6.24. The molecule has 1 amide bonds. The predicted octanol–water partition coefficient (Wildman–Crippen LogP) is 3.98. The summed E-state index contributed by atoms with van der Waals surface area (Å²) in [5.41, 5.74) is 0.817. The lowest BCUT2D eigenvalue weighted by molar-refractivity contribution is -0.938. The second-order valence-electron chi connectivity index (χ2n) is 10.6. The van der Waals surface area contributed by atoms with Crippen molar-refractivity contribution in [2.75, 3.05) is 53.2 Å². The molecule has 3 aromatic rings. The van der Waals surface area contributed by atoms with Crippen molar-refractivity contribution in [2.24, 2.45) is 0 Å². The number of likely N-dealkylation sites (N-methyl/N-ethyl adjacent to an activating group) is 2. The highest BCUT2D eigenvalue weighted by Gasteiger charge is 2.53. The van der Waals surface area contributed by atoms with Crippen LogP contribution in [0.15, 0.2) is 36.7 Å². The van der Waals surface area contributed by atoms with Crippen LogP contribution in [0.5, 0.6) is 11.5 Å². The Hall–Kier alpha value is -3.21. The van der Waals surface area contributed by atoms with E-state index >= 15 is 0 Å². The number of nitrogens with one attached hydrogen (secondary N) is 2. The summed E-state index contributed by atoms with van der Waals surface area (Å²) in [6.07, 6.45) is 3.88. The number of methoxy groups -OCH3 is 1. The molecular formula is C28H35ClFN6O3+. The first-order valence-electron chi connectivity index (χ1n) is 13.2. The third-order valence-electron chi connectivity index (χ3n) is 8.29. The van der Waals surface area contributed by atoms with Crippen LogP contribution in [0.1, 0.15) is 19.3 Å². The number of hydrogen-bond donors (Lipinski definition) is 2. The van der Waals surface area contributed by atoms with Gasteiger partial charge in [-0.05, 0) is 25.2 Å². The third-order valence-corrected chi connectivity index (χ3v) is 8.58. The van der Waals surface area contributed by atoms with Crippen molar-refractivity contribution in [3.05, 3.63) is 47.5 Å². The highest BCUT2D eigenvalue weighted by molar-refractivity contribution is 6.31. The summed E-state index contributed by atoms with van der Waals surface area (Å²) in [4.78, 5) is 24.1. The summed E-state index contributed by atoms with van der Waals surface area (Å²) in [6, 6.07) is 8.52. The number of hydrogen-bond acceptors (Lipinski definition) is 7.